The molecule has 3 aromatic rings. The maximum absolute atomic E-state index is 12.8. The molecule has 0 aliphatic rings. The van der Waals surface area contributed by atoms with Crippen LogP contribution >= 0.6 is 22.6 Å². The highest BCUT2D eigenvalue weighted by atomic mass is 127. The molecule has 7 nitrogen and oxygen atoms in total. The largest absolute Gasteiger partial charge is 0.383 e. The molecule has 0 spiro atoms. The van der Waals surface area contributed by atoms with Crippen LogP contribution in [0.3, 0.4) is 0 Å². The predicted molar refractivity (Wildman–Crippen MR) is 102 cm³/mol. The van der Waals surface area contributed by atoms with Gasteiger partial charge in [-0.1, -0.05) is 24.3 Å². The monoisotopic (exact) mass is 468 g/mol. The Morgan fingerprint density at radius 1 is 1.12 bits per heavy atom. The number of aromatic amines is 1. The number of nitrogens with zero attached hydrogens (tertiary/aromatic N) is 1. The van der Waals surface area contributed by atoms with Crippen molar-refractivity contribution in [1.82, 2.24) is 10.2 Å². The summed E-state index contributed by atoms with van der Waals surface area (Å²) in [6, 6.07) is 12.9. The molecular weight excluding hydrogens is 455 g/mol. The van der Waals surface area contributed by atoms with E-state index >= 15 is 0 Å². The summed E-state index contributed by atoms with van der Waals surface area (Å²) in [6.45, 7) is 0. The lowest BCUT2D eigenvalue weighted by Gasteiger charge is -2.05. The van der Waals surface area contributed by atoms with Crippen LogP contribution in [0.15, 0.2) is 53.4 Å². The molecule has 0 unspecified atom stereocenters. The quantitative estimate of drug-likeness (QED) is 0.399. The van der Waals surface area contributed by atoms with Gasteiger partial charge < -0.3 is 5.73 Å². The smallest absolute Gasteiger partial charge is 0.238 e. The average Bonchev–Trinajstić information content (AvgIpc) is 2.95. The van der Waals surface area contributed by atoms with Gasteiger partial charge in [-0.05, 0) is 46.9 Å². The van der Waals surface area contributed by atoms with Crippen LogP contribution in [-0.2, 0) is 10.0 Å². The fourth-order valence-corrected chi connectivity index (χ4v) is 3.43. The molecule has 9 heteroatoms. The second-order valence-corrected chi connectivity index (χ2v) is 8.08. The molecule has 0 radical (unpaired) electrons. The third-order valence-corrected chi connectivity index (χ3v) is 5.16. The van der Waals surface area contributed by atoms with E-state index < -0.39 is 10.0 Å². The van der Waals surface area contributed by atoms with Crippen LogP contribution < -0.4 is 10.9 Å². The van der Waals surface area contributed by atoms with Gasteiger partial charge in [0.1, 0.15) is 11.5 Å². The molecule has 5 N–H and O–H groups in total. The van der Waals surface area contributed by atoms with Gasteiger partial charge in [-0.25, -0.2) is 13.6 Å². The highest BCUT2D eigenvalue weighted by Gasteiger charge is 2.22. The summed E-state index contributed by atoms with van der Waals surface area (Å²) in [4.78, 5) is 12.8. The van der Waals surface area contributed by atoms with Crippen molar-refractivity contribution in [1.29, 1.82) is 0 Å². The minimum atomic E-state index is -3.79. The first kappa shape index (κ1) is 17.6. The van der Waals surface area contributed by atoms with Crippen LogP contribution in [0.1, 0.15) is 15.9 Å². The van der Waals surface area contributed by atoms with Gasteiger partial charge in [-0.3, -0.25) is 9.89 Å². The van der Waals surface area contributed by atoms with E-state index in [-0.39, 0.29) is 22.1 Å². The second kappa shape index (κ2) is 6.58. The summed E-state index contributed by atoms with van der Waals surface area (Å²) >= 11 is 2.12. The molecule has 2 aromatic carbocycles. The third kappa shape index (κ3) is 3.57. The number of primary sulfonamides is 1. The number of rotatable bonds is 4. The van der Waals surface area contributed by atoms with Gasteiger partial charge in [0.05, 0.1) is 10.5 Å². The number of nitrogen functional groups attached to an aromatic ring is 1. The number of hydrogen-bond donors (Lipinski definition) is 3. The number of aromatic nitrogens is 2. The second-order valence-electron chi connectivity index (χ2n) is 5.27. The number of carbonyl (C=O) groups is 1. The minimum absolute atomic E-state index is 0.0229. The fourth-order valence-electron chi connectivity index (χ4n) is 2.37. The zero-order valence-corrected chi connectivity index (χ0v) is 15.7. The first-order valence-electron chi connectivity index (χ1n) is 7.04. The number of H-pyrrole nitrogens is 1. The number of sulfonamides is 1. The van der Waals surface area contributed by atoms with Crippen molar-refractivity contribution in [2.24, 2.45) is 5.14 Å². The number of carbonyl (C=O) groups excluding carboxylic acids is 1. The molecule has 3 rings (SSSR count). The molecule has 0 aliphatic carbocycles. The van der Waals surface area contributed by atoms with Gasteiger partial charge in [0.2, 0.25) is 10.0 Å². The summed E-state index contributed by atoms with van der Waals surface area (Å²) in [6.07, 6.45) is 0. The SMILES string of the molecule is Nc1[nH]nc(-c2ccc(S(N)(=O)=O)cc2)c1C(=O)c1cccc(I)c1. The van der Waals surface area contributed by atoms with Crippen LogP contribution in [0.25, 0.3) is 11.3 Å². The summed E-state index contributed by atoms with van der Waals surface area (Å²) in [5.74, 6) is -0.121. The zero-order valence-electron chi connectivity index (χ0n) is 12.7. The highest BCUT2D eigenvalue weighted by molar-refractivity contribution is 14.1. The van der Waals surface area contributed by atoms with Gasteiger partial charge in [-0.15, -0.1) is 0 Å². The molecule has 0 saturated carbocycles. The fraction of sp³-hybridized carbons (Fsp3) is 0. The zero-order chi connectivity index (χ0) is 18.2. The van der Waals surface area contributed by atoms with Gasteiger partial charge in [0, 0.05) is 14.7 Å². The number of hydrogen-bond acceptors (Lipinski definition) is 5. The summed E-state index contributed by atoms with van der Waals surface area (Å²) in [5.41, 5.74) is 7.53. The molecule has 0 amide bonds. The maximum atomic E-state index is 12.8. The Hall–Kier alpha value is -2.24. The Kier molecular flexibility index (Phi) is 4.62. The van der Waals surface area contributed by atoms with Crippen LogP contribution in [0.4, 0.5) is 5.82 Å². The molecule has 0 bridgehead atoms. The molecular formula is C16H13IN4O3S. The van der Waals surface area contributed by atoms with Gasteiger partial charge >= 0.3 is 0 Å². The molecule has 128 valence electrons. The normalized spacial score (nSPS) is 11.4. The number of nitrogens with two attached hydrogens (primary N) is 2. The Morgan fingerprint density at radius 3 is 2.40 bits per heavy atom. The van der Waals surface area contributed by atoms with E-state index in [1.807, 2.05) is 6.07 Å². The van der Waals surface area contributed by atoms with Crippen LogP contribution in [0.2, 0.25) is 0 Å². The van der Waals surface area contributed by atoms with Gasteiger partial charge in [-0.2, -0.15) is 5.10 Å². The van der Waals surface area contributed by atoms with Gasteiger partial charge in [0.25, 0.3) is 0 Å². The minimum Gasteiger partial charge on any atom is -0.383 e. The molecule has 1 heterocycles. The Morgan fingerprint density at radius 2 is 1.80 bits per heavy atom. The van der Waals surface area contributed by atoms with Crippen LogP contribution in [-0.4, -0.2) is 24.4 Å². The van der Waals surface area contributed by atoms with Gasteiger partial charge in [0.15, 0.2) is 5.78 Å². The number of halogens is 1. The lowest BCUT2D eigenvalue weighted by molar-refractivity contribution is 0.104. The predicted octanol–water partition coefficient (Wildman–Crippen LogP) is 2.14. The highest BCUT2D eigenvalue weighted by Crippen LogP contribution is 2.28. The van der Waals surface area contributed by atoms with Crippen LogP contribution in [0.5, 0.6) is 0 Å². The lowest BCUT2D eigenvalue weighted by atomic mass is 9.99. The summed E-state index contributed by atoms with van der Waals surface area (Å²) < 4.78 is 23.6. The number of ketones is 1. The van der Waals surface area contributed by atoms with E-state index in [0.717, 1.165) is 3.57 Å². The molecule has 25 heavy (non-hydrogen) atoms. The molecule has 1 aromatic heterocycles. The topological polar surface area (TPSA) is 132 Å². The van der Waals surface area contributed by atoms with Crippen molar-refractivity contribution in [3.8, 4) is 11.3 Å². The van der Waals surface area contributed by atoms with E-state index in [0.29, 0.717) is 16.8 Å². The average molecular weight is 468 g/mol. The standard InChI is InChI=1S/C16H13IN4O3S/c17-11-3-1-2-10(8-11)15(22)13-14(20-21-16(13)18)9-4-6-12(7-5-9)25(19,23)24/h1-8H,(H3,18,20,21)(H2,19,23,24). The van der Waals surface area contributed by atoms with Crippen molar-refractivity contribution in [2.45, 2.75) is 4.90 Å². The Balaban J connectivity index is 2.07. The third-order valence-electron chi connectivity index (χ3n) is 3.56. The number of nitrogens with one attached hydrogen (secondary N) is 1. The van der Waals surface area contributed by atoms with E-state index in [1.54, 1.807) is 18.2 Å². The van der Waals surface area contributed by atoms with Crippen molar-refractivity contribution >= 4 is 44.2 Å². The number of benzene rings is 2. The molecule has 0 fully saturated rings. The van der Waals surface area contributed by atoms with E-state index in [4.69, 9.17) is 10.9 Å². The maximum Gasteiger partial charge on any atom is 0.238 e. The van der Waals surface area contributed by atoms with Crippen molar-refractivity contribution in [3.63, 3.8) is 0 Å². The molecule has 0 atom stereocenters. The van der Waals surface area contributed by atoms with Crippen molar-refractivity contribution in [3.05, 3.63) is 63.2 Å². The first-order valence-corrected chi connectivity index (χ1v) is 9.67. The molecule has 0 aliphatic heterocycles. The van der Waals surface area contributed by atoms with Crippen LogP contribution in [0, 0.1) is 3.57 Å². The van der Waals surface area contributed by atoms with E-state index in [1.165, 1.54) is 24.3 Å². The summed E-state index contributed by atoms with van der Waals surface area (Å²) in [5, 5.41) is 11.8. The van der Waals surface area contributed by atoms with Crippen molar-refractivity contribution < 1.29 is 13.2 Å². The summed E-state index contributed by atoms with van der Waals surface area (Å²) in [7, 11) is -3.79. The lowest BCUT2D eigenvalue weighted by Crippen LogP contribution is -2.11. The van der Waals surface area contributed by atoms with E-state index in [2.05, 4.69) is 32.8 Å². The Labute approximate surface area is 157 Å². The van der Waals surface area contributed by atoms with Crippen molar-refractivity contribution in [2.75, 3.05) is 5.73 Å². The van der Waals surface area contributed by atoms with E-state index in [9.17, 15) is 13.2 Å². The first-order chi connectivity index (χ1) is 11.8. The Bertz CT molecular complexity index is 1060. The molecule has 0 saturated heterocycles. The number of anilines is 1.